The van der Waals surface area contributed by atoms with Gasteiger partial charge in [-0.15, -0.1) is 0 Å². The third kappa shape index (κ3) is 4.86. The van der Waals surface area contributed by atoms with Gasteiger partial charge in [-0.1, -0.05) is 6.92 Å². The molecule has 0 amide bonds. The van der Waals surface area contributed by atoms with Crippen molar-refractivity contribution in [1.82, 2.24) is 0 Å². The van der Waals surface area contributed by atoms with E-state index in [0.29, 0.717) is 24.5 Å². The van der Waals surface area contributed by atoms with Crippen LogP contribution in [0.15, 0.2) is 24.3 Å². The second kappa shape index (κ2) is 7.32. The fourth-order valence-corrected chi connectivity index (χ4v) is 1.20. The lowest BCUT2D eigenvalue weighted by molar-refractivity contribution is -0.153. The molecule has 0 saturated heterocycles. The summed E-state index contributed by atoms with van der Waals surface area (Å²) in [4.78, 5) is 21.9. The lowest BCUT2D eigenvalue weighted by atomic mass is 10.3. The number of carbonyl (C=O) groups excluding carboxylic acids is 2. The van der Waals surface area contributed by atoms with E-state index in [9.17, 15) is 9.59 Å². The van der Waals surface area contributed by atoms with Crippen molar-refractivity contribution in [3.05, 3.63) is 24.3 Å². The molecule has 0 aromatic heterocycles. The van der Waals surface area contributed by atoms with Gasteiger partial charge in [-0.3, -0.25) is 4.79 Å². The van der Waals surface area contributed by atoms with E-state index in [1.807, 2.05) is 0 Å². The Morgan fingerprint density at radius 1 is 1.17 bits per heavy atom. The van der Waals surface area contributed by atoms with Gasteiger partial charge in [0.2, 0.25) is 5.78 Å². The highest BCUT2D eigenvalue weighted by atomic mass is 16.5. The highest BCUT2D eigenvalue weighted by Gasteiger charge is 2.11. The van der Waals surface area contributed by atoms with Gasteiger partial charge in [0.15, 0.2) is 0 Å². The summed E-state index contributed by atoms with van der Waals surface area (Å²) >= 11 is 0. The smallest absolute Gasteiger partial charge is 0.374 e. The van der Waals surface area contributed by atoms with Crippen molar-refractivity contribution >= 4 is 17.4 Å². The molecule has 5 nitrogen and oxygen atoms in total. The minimum atomic E-state index is -0.773. The van der Waals surface area contributed by atoms with Crippen LogP contribution in [0.5, 0.6) is 5.75 Å². The number of nitrogen functional groups attached to an aromatic ring is 1. The van der Waals surface area contributed by atoms with Gasteiger partial charge in [0.1, 0.15) is 5.75 Å². The Morgan fingerprint density at radius 3 is 2.44 bits per heavy atom. The molecule has 0 aliphatic rings. The van der Waals surface area contributed by atoms with Crippen LogP contribution in [-0.2, 0) is 14.3 Å². The largest absolute Gasteiger partial charge is 0.493 e. The van der Waals surface area contributed by atoms with Gasteiger partial charge < -0.3 is 15.2 Å². The van der Waals surface area contributed by atoms with Gasteiger partial charge in [0, 0.05) is 18.5 Å². The summed E-state index contributed by atoms with van der Waals surface area (Å²) in [6, 6.07) is 7.02. The maximum atomic E-state index is 11.0. The Bertz CT molecular complexity index is 400. The van der Waals surface area contributed by atoms with E-state index in [1.54, 1.807) is 31.2 Å². The predicted octanol–water partition coefficient (Wildman–Crippen LogP) is 1.56. The van der Waals surface area contributed by atoms with Crippen molar-refractivity contribution in [2.75, 3.05) is 18.9 Å². The van der Waals surface area contributed by atoms with Crippen LogP contribution in [0.2, 0.25) is 0 Å². The second-order valence-corrected chi connectivity index (χ2v) is 3.68. The molecule has 0 atom stereocenters. The molecule has 2 N–H and O–H groups in total. The molecule has 1 aromatic carbocycles. The first-order chi connectivity index (χ1) is 8.63. The molecule has 5 heteroatoms. The molecule has 0 aliphatic heterocycles. The van der Waals surface area contributed by atoms with Crippen molar-refractivity contribution in [2.24, 2.45) is 0 Å². The molecule has 1 aromatic rings. The summed E-state index contributed by atoms with van der Waals surface area (Å²) in [6.07, 6.45) is 0.702. The number of esters is 1. The molecule has 0 fully saturated rings. The van der Waals surface area contributed by atoms with Gasteiger partial charge in [-0.25, -0.2) is 4.79 Å². The van der Waals surface area contributed by atoms with E-state index in [4.69, 9.17) is 15.2 Å². The van der Waals surface area contributed by atoms with Gasteiger partial charge in [0.25, 0.3) is 0 Å². The summed E-state index contributed by atoms with van der Waals surface area (Å²) in [5.41, 5.74) is 6.21. The third-order valence-corrected chi connectivity index (χ3v) is 2.22. The van der Waals surface area contributed by atoms with Crippen molar-refractivity contribution in [3.63, 3.8) is 0 Å². The molecule has 0 unspecified atom stereocenters. The number of benzene rings is 1. The number of nitrogens with two attached hydrogens (primary N) is 1. The number of ether oxygens (including phenoxy) is 2. The highest BCUT2D eigenvalue weighted by molar-refractivity contribution is 6.33. The highest BCUT2D eigenvalue weighted by Crippen LogP contribution is 2.13. The van der Waals surface area contributed by atoms with Crippen molar-refractivity contribution in [2.45, 2.75) is 19.8 Å². The molecule has 1 rings (SSSR count). The van der Waals surface area contributed by atoms with Crippen LogP contribution in [-0.4, -0.2) is 25.0 Å². The maximum absolute atomic E-state index is 11.0. The van der Waals surface area contributed by atoms with E-state index in [2.05, 4.69) is 0 Å². The normalized spacial score (nSPS) is 9.83. The van der Waals surface area contributed by atoms with Crippen molar-refractivity contribution in [3.8, 4) is 5.75 Å². The summed E-state index contributed by atoms with van der Waals surface area (Å²) in [5.74, 6) is -0.570. The maximum Gasteiger partial charge on any atom is 0.374 e. The van der Waals surface area contributed by atoms with E-state index in [0.717, 1.165) is 0 Å². The van der Waals surface area contributed by atoms with Crippen LogP contribution in [0.3, 0.4) is 0 Å². The lowest BCUT2D eigenvalue weighted by Gasteiger charge is -2.06. The first-order valence-corrected chi connectivity index (χ1v) is 5.81. The summed E-state index contributed by atoms with van der Waals surface area (Å²) in [7, 11) is 0. The van der Waals surface area contributed by atoms with Crippen LogP contribution >= 0.6 is 0 Å². The number of hydrogen-bond donors (Lipinski definition) is 1. The topological polar surface area (TPSA) is 78.6 Å². The van der Waals surface area contributed by atoms with Gasteiger partial charge in [0.05, 0.1) is 13.2 Å². The fourth-order valence-electron chi connectivity index (χ4n) is 1.20. The van der Waals surface area contributed by atoms with Crippen LogP contribution in [0.25, 0.3) is 0 Å². The standard InChI is InChI=1S/C13H17NO4/c1-2-12(15)13(16)18-9-3-8-17-11-6-4-10(14)5-7-11/h4-7H,2-3,8-9,14H2,1H3. The van der Waals surface area contributed by atoms with Crippen molar-refractivity contribution < 1.29 is 19.1 Å². The Kier molecular flexibility index (Phi) is 5.70. The minimum Gasteiger partial charge on any atom is -0.493 e. The summed E-state index contributed by atoms with van der Waals surface area (Å²) in [5, 5.41) is 0. The number of carbonyl (C=O) groups is 2. The van der Waals surface area contributed by atoms with E-state index in [1.165, 1.54) is 0 Å². The number of anilines is 1. The Morgan fingerprint density at radius 2 is 1.83 bits per heavy atom. The average Bonchev–Trinajstić information content (AvgIpc) is 2.39. The third-order valence-electron chi connectivity index (χ3n) is 2.22. The van der Waals surface area contributed by atoms with Gasteiger partial charge in [-0.2, -0.15) is 0 Å². The number of ketones is 1. The molecule has 0 saturated carbocycles. The van der Waals surface area contributed by atoms with Crippen LogP contribution in [0.4, 0.5) is 5.69 Å². The predicted molar refractivity (Wildman–Crippen MR) is 67.2 cm³/mol. The van der Waals surface area contributed by atoms with E-state index >= 15 is 0 Å². The minimum absolute atomic E-state index is 0.167. The molecule has 0 heterocycles. The molecular weight excluding hydrogens is 234 g/mol. The molecular formula is C13H17NO4. The first-order valence-electron chi connectivity index (χ1n) is 5.81. The molecule has 18 heavy (non-hydrogen) atoms. The van der Waals surface area contributed by atoms with Crippen molar-refractivity contribution in [1.29, 1.82) is 0 Å². The monoisotopic (exact) mass is 251 g/mol. The Hall–Kier alpha value is -2.04. The van der Waals surface area contributed by atoms with E-state index in [-0.39, 0.29) is 13.0 Å². The molecule has 0 radical (unpaired) electrons. The SMILES string of the molecule is CCC(=O)C(=O)OCCCOc1ccc(N)cc1. The molecule has 0 spiro atoms. The number of hydrogen-bond acceptors (Lipinski definition) is 5. The van der Waals surface area contributed by atoms with Crippen LogP contribution in [0.1, 0.15) is 19.8 Å². The second-order valence-electron chi connectivity index (χ2n) is 3.68. The number of Topliss-reactive ketones (excluding diaryl/α,β-unsaturated/α-hetero) is 1. The summed E-state index contributed by atoms with van der Waals surface area (Å²) < 4.78 is 10.2. The average molecular weight is 251 g/mol. The quantitative estimate of drug-likeness (QED) is 0.344. The molecule has 0 aliphatic carbocycles. The summed E-state index contributed by atoms with van der Waals surface area (Å²) in [6.45, 7) is 2.21. The fraction of sp³-hybridized carbons (Fsp3) is 0.385. The lowest BCUT2D eigenvalue weighted by Crippen LogP contribution is -2.17. The molecule has 98 valence electrons. The zero-order valence-corrected chi connectivity index (χ0v) is 10.3. The van der Waals surface area contributed by atoms with Gasteiger partial charge in [-0.05, 0) is 24.3 Å². The molecule has 0 bridgehead atoms. The van der Waals surface area contributed by atoms with Crippen LogP contribution in [0, 0.1) is 0 Å². The zero-order chi connectivity index (χ0) is 13.4. The van der Waals surface area contributed by atoms with Crippen LogP contribution < -0.4 is 10.5 Å². The number of rotatable bonds is 7. The van der Waals surface area contributed by atoms with Gasteiger partial charge >= 0.3 is 5.97 Å². The Labute approximate surface area is 106 Å². The zero-order valence-electron chi connectivity index (χ0n) is 10.3. The first kappa shape index (κ1) is 14.0. The van der Waals surface area contributed by atoms with E-state index < -0.39 is 11.8 Å². The Balaban J connectivity index is 2.14.